The zero-order chi connectivity index (χ0) is 24.5. The van der Waals surface area contributed by atoms with Crippen LogP contribution in [0, 0.1) is 0 Å². The number of aromatic nitrogens is 2. The Kier molecular flexibility index (Phi) is 6.13. The number of rotatable bonds is 6. The number of aliphatic hydroxyl groups is 1. The molecule has 3 aromatic carbocycles. The van der Waals surface area contributed by atoms with E-state index in [-0.39, 0.29) is 17.9 Å². The molecule has 1 heterocycles. The highest BCUT2D eigenvalue weighted by Gasteiger charge is 2.33. The fourth-order valence-electron chi connectivity index (χ4n) is 3.46. The van der Waals surface area contributed by atoms with E-state index in [1.54, 1.807) is 24.3 Å². The number of benzene rings is 3. The lowest BCUT2D eigenvalue weighted by molar-refractivity contribution is -0.275. The average molecular weight is 481 g/mol. The van der Waals surface area contributed by atoms with Gasteiger partial charge in [-0.3, -0.25) is 4.68 Å². The molecule has 178 valence electrons. The molecule has 0 amide bonds. The summed E-state index contributed by atoms with van der Waals surface area (Å²) in [5, 5.41) is 18.2. The normalized spacial score (nSPS) is 13.1. The zero-order valence-electron chi connectivity index (χ0n) is 17.2. The Morgan fingerprint density at radius 2 is 1.53 bits per heavy atom. The number of hydrogen-bond donors (Lipinski definition) is 2. The molecule has 34 heavy (non-hydrogen) atoms. The Labute approximate surface area is 189 Å². The van der Waals surface area contributed by atoms with Crippen molar-refractivity contribution >= 4 is 16.7 Å². The third kappa shape index (κ3) is 5.25. The van der Waals surface area contributed by atoms with Gasteiger partial charge in [-0.2, -0.15) is 18.3 Å². The van der Waals surface area contributed by atoms with Crippen LogP contribution in [0.2, 0.25) is 0 Å². The maximum absolute atomic E-state index is 12.8. The fourth-order valence-corrected chi connectivity index (χ4v) is 3.46. The minimum atomic E-state index is -4.94. The van der Waals surface area contributed by atoms with Crippen LogP contribution in [-0.4, -0.2) is 21.2 Å². The first kappa shape index (κ1) is 23.4. The van der Waals surface area contributed by atoms with Crippen LogP contribution in [0.4, 0.5) is 32.2 Å². The first-order valence-electron chi connectivity index (χ1n) is 9.92. The molecule has 0 bridgehead atoms. The van der Waals surface area contributed by atoms with Gasteiger partial charge in [-0.15, -0.1) is 13.2 Å². The van der Waals surface area contributed by atoms with Gasteiger partial charge in [0.25, 0.3) is 0 Å². The Morgan fingerprint density at radius 3 is 2.21 bits per heavy atom. The minimum Gasteiger partial charge on any atom is -0.405 e. The maximum atomic E-state index is 12.8. The van der Waals surface area contributed by atoms with Crippen LogP contribution >= 0.6 is 0 Å². The van der Waals surface area contributed by atoms with Gasteiger partial charge in [0, 0.05) is 10.9 Å². The highest BCUT2D eigenvalue weighted by atomic mass is 19.4. The van der Waals surface area contributed by atoms with Gasteiger partial charge in [0.2, 0.25) is 0 Å². The largest absolute Gasteiger partial charge is 0.573 e. The van der Waals surface area contributed by atoms with Crippen molar-refractivity contribution in [2.45, 2.75) is 25.3 Å². The van der Waals surface area contributed by atoms with Gasteiger partial charge in [-0.1, -0.05) is 42.5 Å². The van der Waals surface area contributed by atoms with E-state index in [0.717, 1.165) is 18.2 Å². The van der Waals surface area contributed by atoms with Crippen molar-refractivity contribution in [1.82, 2.24) is 9.78 Å². The number of anilines is 1. The molecular formula is C23H17F6N3O2. The van der Waals surface area contributed by atoms with Crippen LogP contribution in [0.15, 0.2) is 72.8 Å². The van der Waals surface area contributed by atoms with Gasteiger partial charge >= 0.3 is 12.5 Å². The molecule has 0 aliphatic carbocycles. The second kappa shape index (κ2) is 8.90. The Hall–Kier alpha value is -3.73. The molecule has 4 aromatic rings. The molecule has 1 aromatic heterocycles. The van der Waals surface area contributed by atoms with Crippen molar-refractivity contribution in [3.8, 4) is 5.75 Å². The van der Waals surface area contributed by atoms with E-state index in [1.807, 2.05) is 0 Å². The monoisotopic (exact) mass is 481 g/mol. The number of nitrogens with zero attached hydrogens (tertiary/aromatic N) is 2. The lowest BCUT2D eigenvalue weighted by Gasteiger charge is -2.18. The number of halogens is 6. The molecule has 0 fully saturated rings. The predicted molar refractivity (Wildman–Crippen MR) is 112 cm³/mol. The first-order valence-corrected chi connectivity index (χ1v) is 9.92. The lowest BCUT2D eigenvalue weighted by atomic mass is 10.1. The molecule has 1 unspecified atom stereocenters. The number of fused-ring (bicyclic) bond motifs is 1. The summed E-state index contributed by atoms with van der Waals surface area (Å²) in [5.74, 6) is -0.389. The molecule has 4 rings (SSSR count). The summed E-state index contributed by atoms with van der Waals surface area (Å²) in [7, 11) is 0. The van der Waals surface area contributed by atoms with E-state index in [4.69, 9.17) is 0 Å². The first-order chi connectivity index (χ1) is 16.0. The lowest BCUT2D eigenvalue weighted by Crippen LogP contribution is -2.20. The Bertz CT molecular complexity index is 1280. The summed E-state index contributed by atoms with van der Waals surface area (Å²) in [6.45, 7) is 0.129. The van der Waals surface area contributed by atoms with Gasteiger partial charge in [0.1, 0.15) is 5.75 Å². The zero-order valence-corrected chi connectivity index (χ0v) is 17.2. The number of ether oxygens (including phenoxy) is 1. The van der Waals surface area contributed by atoms with Crippen molar-refractivity contribution < 1.29 is 36.2 Å². The molecular weight excluding hydrogens is 464 g/mol. The molecule has 0 aliphatic heterocycles. The van der Waals surface area contributed by atoms with Crippen molar-refractivity contribution in [3.63, 3.8) is 0 Å². The SMILES string of the molecule is OC(Nc1nn(Cc2ccc(C(F)(F)F)cc2)c2ccccc12)c1ccccc1OC(F)(F)F. The van der Waals surface area contributed by atoms with Crippen molar-refractivity contribution in [3.05, 3.63) is 89.5 Å². The van der Waals surface area contributed by atoms with Crippen LogP contribution in [0.25, 0.3) is 10.9 Å². The molecule has 0 aliphatic rings. The van der Waals surface area contributed by atoms with E-state index in [2.05, 4.69) is 15.2 Å². The molecule has 0 radical (unpaired) electrons. The number of alkyl halides is 6. The van der Waals surface area contributed by atoms with Crippen LogP contribution in [0.3, 0.4) is 0 Å². The van der Waals surface area contributed by atoms with Gasteiger partial charge in [-0.25, -0.2) is 0 Å². The Morgan fingerprint density at radius 1 is 0.882 bits per heavy atom. The molecule has 0 saturated carbocycles. The minimum absolute atomic E-state index is 0.129. The third-order valence-electron chi connectivity index (χ3n) is 4.98. The van der Waals surface area contributed by atoms with E-state index >= 15 is 0 Å². The average Bonchev–Trinajstić information content (AvgIpc) is 3.10. The highest BCUT2D eigenvalue weighted by Crippen LogP contribution is 2.33. The van der Waals surface area contributed by atoms with Gasteiger partial charge in [0.15, 0.2) is 12.0 Å². The van der Waals surface area contributed by atoms with Gasteiger partial charge in [0.05, 0.1) is 17.6 Å². The van der Waals surface area contributed by atoms with E-state index in [0.29, 0.717) is 16.5 Å². The Balaban J connectivity index is 1.62. The second-order valence-corrected chi connectivity index (χ2v) is 7.35. The summed E-state index contributed by atoms with van der Waals surface area (Å²) in [6, 6.07) is 16.6. The number of para-hydroxylation sites is 2. The topological polar surface area (TPSA) is 59.3 Å². The molecule has 11 heteroatoms. The van der Waals surface area contributed by atoms with Crippen LogP contribution in [-0.2, 0) is 12.7 Å². The number of nitrogens with one attached hydrogen (secondary N) is 1. The molecule has 1 atom stereocenters. The van der Waals surface area contributed by atoms with Crippen molar-refractivity contribution in [2.24, 2.45) is 0 Å². The van der Waals surface area contributed by atoms with Crippen molar-refractivity contribution in [2.75, 3.05) is 5.32 Å². The predicted octanol–water partition coefficient (Wildman–Crippen LogP) is 6.11. The molecule has 0 saturated heterocycles. The fraction of sp³-hybridized carbons (Fsp3) is 0.174. The number of aliphatic hydroxyl groups excluding tert-OH is 1. The maximum Gasteiger partial charge on any atom is 0.573 e. The third-order valence-corrected chi connectivity index (χ3v) is 4.98. The van der Waals surface area contributed by atoms with Gasteiger partial charge in [-0.05, 0) is 35.9 Å². The summed E-state index contributed by atoms with van der Waals surface area (Å²) in [4.78, 5) is 0. The van der Waals surface area contributed by atoms with Gasteiger partial charge < -0.3 is 15.2 Å². The standard InChI is InChI=1S/C23H17F6N3O2/c24-22(25,26)15-11-9-14(10-12-15)13-32-18-7-3-1-5-16(18)20(31-32)30-21(33)17-6-2-4-8-19(17)34-23(27,28)29/h1-12,21,33H,13H2,(H,30,31). The summed E-state index contributed by atoms with van der Waals surface area (Å²) in [5.41, 5.74) is 0.238. The molecule has 0 spiro atoms. The van der Waals surface area contributed by atoms with Crippen LogP contribution in [0.5, 0.6) is 5.75 Å². The molecule has 5 nitrogen and oxygen atoms in total. The van der Waals surface area contributed by atoms with Crippen LogP contribution in [0.1, 0.15) is 22.9 Å². The smallest absolute Gasteiger partial charge is 0.405 e. The van der Waals surface area contributed by atoms with E-state index in [9.17, 15) is 31.4 Å². The van der Waals surface area contributed by atoms with Crippen molar-refractivity contribution in [1.29, 1.82) is 0 Å². The second-order valence-electron chi connectivity index (χ2n) is 7.35. The summed E-state index contributed by atoms with van der Waals surface area (Å²) in [6.07, 6.45) is -11.0. The summed E-state index contributed by atoms with van der Waals surface area (Å²) < 4.78 is 82.1. The summed E-state index contributed by atoms with van der Waals surface area (Å²) >= 11 is 0. The molecule has 2 N–H and O–H groups in total. The number of hydrogen-bond acceptors (Lipinski definition) is 4. The van der Waals surface area contributed by atoms with Crippen LogP contribution < -0.4 is 10.1 Å². The van der Waals surface area contributed by atoms with E-state index < -0.39 is 30.1 Å². The highest BCUT2D eigenvalue weighted by molar-refractivity contribution is 5.90. The van der Waals surface area contributed by atoms with E-state index in [1.165, 1.54) is 35.0 Å². The quantitative estimate of drug-likeness (QED) is 0.258.